The maximum Gasteiger partial charge on any atom is 0.252 e. The van der Waals surface area contributed by atoms with Crippen LogP contribution in [-0.2, 0) is 11.3 Å². The van der Waals surface area contributed by atoms with Crippen LogP contribution in [0.1, 0.15) is 5.89 Å². The number of benzene rings is 1. The molecule has 0 saturated carbocycles. The summed E-state index contributed by atoms with van der Waals surface area (Å²) in [6.45, 7) is 0.292. The van der Waals surface area contributed by atoms with Gasteiger partial charge in [-0.3, -0.25) is 0 Å². The van der Waals surface area contributed by atoms with E-state index >= 15 is 0 Å². The number of methoxy groups -OCH3 is 3. The van der Waals surface area contributed by atoms with E-state index in [1.54, 1.807) is 33.5 Å². The fraction of sp³-hybridized carbons (Fsp3) is 0.333. The molecule has 0 atom stereocenters. The Hall–Kier alpha value is -2.08. The highest BCUT2D eigenvalue weighted by molar-refractivity contribution is 5.60. The summed E-state index contributed by atoms with van der Waals surface area (Å²) in [5, 5.41) is 3.87. The van der Waals surface area contributed by atoms with E-state index in [0.717, 1.165) is 5.56 Å². The third kappa shape index (κ3) is 2.43. The third-order valence-corrected chi connectivity index (χ3v) is 2.38. The molecule has 0 amide bonds. The van der Waals surface area contributed by atoms with Gasteiger partial charge in [-0.2, -0.15) is 4.98 Å². The van der Waals surface area contributed by atoms with Crippen LogP contribution in [0.25, 0.3) is 11.4 Å². The Bertz CT molecular complexity index is 525. The Morgan fingerprint density at radius 3 is 2.56 bits per heavy atom. The van der Waals surface area contributed by atoms with Crippen molar-refractivity contribution in [3.8, 4) is 22.9 Å². The third-order valence-electron chi connectivity index (χ3n) is 2.38. The van der Waals surface area contributed by atoms with Gasteiger partial charge in [-0.15, -0.1) is 0 Å². The van der Waals surface area contributed by atoms with Crippen molar-refractivity contribution in [2.75, 3.05) is 21.3 Å². The number of aromatic nitrogens is 2. The second-order valence-electron chi connectivity index (χ2n) is 3.51. The van der Waals surface area contributed by atoms with Crippen LogP contribution in [0.5, 0.6) is 11.5 Å². The van der Waals surface area contributed by atoms with Crippen LogP contribution in [-0.4, -0.2) is 31.5 Å². The smallest absolute Gasteiger partial charge is 0.252 e. The van der Waals surface area contributed by atoms with Crippen LogP contribution in [0.4, 0.5) is 0 Å². The Labute approximate surface area is 104 Å². The lowest BCUT2D eigenvalue weighted by Gasteiger charge is -2.07. The molecule has 0 aliphatic rings. The van der Waals surface area contributed by atoms with Crippen molar-refractivity contribution in [2.24, 2.45) is 0 Å². The van der Waals surface area contributed by atoms with Gasteiger partial charge in [0.1, 0.15) is 6.61 Å². The maximum atomic E-state index is 5.22. The molecule has 2 aromatic rings. The van der Waals surface area contributed by atoms with E-state index in [9.17, 15) is 0 Å². The molecule has 0 radical (unpaired) electrons. The Kier molecular flexibility index (Phi) is 3.78. The summed E-state index contributed by atoms with van der Waals surface area (Å²) < 4.78 is 20.3. The number of hydrogen-bond acceptors (Lipinski definition) is 6. The molecule has 0 aliphatic carbocycles. The lowest BCUT2D eigenvalue weighted by atomic mass is 10.2. The number of ether oxygens (including phenoxy) is 3. The summed E-state index contributed by atoms with van der Waals surface area (Å²) >= 11 is 0. The Morgan fingerprint density at radius 2 is 1.89 bits per heavy atom. The average Bonchev–Trinajstić information content (AvgIpc) is 2.87. The summed E-state index contributed by atoms with van der Waals surface area (Å²) in [5.41, 5.74) is 0.791. The average molecular weight is 250 g/mol. The van der Waals surface area contributed by atoms with Gasteiger partial charge in [0.2, 0.25) is 5.82 Å². The minimum Gasteiger partial charge on any atom is -0.493 e. The summed E-state index contributed by atoms with van der Waals surface area (Å²) in [6.07, 6.45) is 0. The topological polar surface area (TPSA) is 66.6 Å². The molecule has 1 aromatic carbocycles. The van der Waals surface area contributed by atoms with Crippen LogP contribution in [0.15, 0.2) is 22.7 Å². The Balaban J connectivity index is 2.31. The normalized spacial score (nSPS) is 10.4. The molecule has 0 unspecified atom stereocenters. The Morgan fingerprint density at radius 1 is 1.11 bits per heavy atom. The van der Waals surface area contributed by atoms with Crippen LogP contribution in [0, 0.1) is 0 Å². The number of nitrogens with zero attached hydrogens (tertiary/aromatic N) is 2. The molecular weight excluding hydrogens is 236 g/mol. The first-order valence-electron chi connectivity index (χ1n) is 5.32. The lowest BCUT2D eigenvalue weighted by molar-refractivity contribution is 0.151. The van der Waals surface area contributed by atoms with Gasteiger partial charge < -0.3 is 18.7 Å². The van der Waals surface area contributed by atoms with Crippen LogP contribution < -0.4 is 9.47 Å². The summed E-state index contributed by atoms with van der Waals surface area (Å²) in [6, 6.07) is 5.42. The second-order valence-corrected chi connectivity index (χ2v) is 3.51. The quantitative estimate of drug-likeness (QED) is 0.807. The molecule has 2 rings (SSSR count). The van der Waals surface area contributed by atoms with Crippen molar-refractivity contribution < 1.29 is 18.7 Å². The van der Waals surface area contributed by atoms with E-state index in [4.69, 9.17) is 18.7 Å². The molecule has 0 fully saturated rings. The molecule has 1 aromatic heterocycles. The first-order chi connectivity index (χ1) is 8.78. The van der Waals surface area contributed by atoms with E-state index in [-0.39, 0.29) is 0 Å². The summed E-state index contributed by atoms with van der Waals surface area (Å²) in [4.78, 5) is 4.20. The molecule has 18 heavy (non-hydrogen) atoms. The minimum absolute atomic E-state index is 0.292. The largest absolute Gasteiger partial charge is 0.493 e. The van der Waals surface area contributed by atoms with E-state index in [0.29, 0.717) is 29.8 Å². The molecule has 0 saturated heterocycles. The molecule has 1 heterocycles. The van der Waals surface area contributed by atoms with Gasteiger partial charge in [-0.25, -0.2) is 0 Å². The summed E-state index contributed by atoms with van der Waals surface area (Å²) in [5.74, 6) is 2.19. The van der Waals surface area contributed by atoms with Crippen LogP contribution >= 0.6 is 0 Å². The fourth-order valence-corrected chi connectivity index (χ4v) is 1.53. The first kappa shape index (κ1) is 12.4. The highest BCUT2D eigenvalue weighted by Crippen LogP contribution is 2.31. The van der Waals surface area contributed by atoms with Gasteiger partial charge >= 0.3 is 0 Å². The van der Waals surface area contributed by atoms with Gasteiger partial charge in [0.15, 0.2) is 11.5 Å². The minimum atomic E-state index is 0.292. The van der Waals surface area contributed by atoms with Crippen LogP contribution in [0.3, 0.4) is 0 Å². The zero-order chi connectivity index (χ0) is 13.0. The molecular formula is C12H14N2O4. The van der Waals surface area contributed by atoms with Gasteiger partial charge in [0, 0.05) is 12.7 Å². The van der Waals surface area contributed by atoms with E-state index in [1.807, 2.05) is 6.07 Å². The van der Waals surface area contributed by atoms with E-state index in [1.165, 1.54) is 0 Å². The van der Waals surface area contributed by atoms with Crippen molar-refractivity contribution in [1.29, 1.82) is 0 Å². The van der Waals surface area contributed by atoms with Crippen molar-refractivity contribution in [3.05, 3.63) is 24.1 Å². The maximum absolute atomic E-state index is 5.22. The molecule has 0 N–H and O–H groups in total. The fourth-order valence-electron chi connectivity index (χ4n) is 1.53. The van der Waals surface area contributed by atoms with Crippen molar-refractivity contribution in [2.45, 2.75) is 6.61 Å². The van der Waals surface area contributed by atoms with Gasteiger partial charge in [-0.1, -0.05) is 5.16 Å². The van der Waals surface area contributed by atoms with Gasteiger partial charge in [-0.05, 0) is 18.2 Å². The predicted octanol–water partition coefficient (Wildman–Crippen LogP) is 1.90. The number of rotatable bonds is 5. The van der Waals surface area contributed by atoms with Crippen LogP contribution in [0.2, 0.25) is 0 Å². The molecule has 0 aliphatic heterocycles. The molecule has 96 valence electrons. The predicted molar refractivity (Wildman–Crippen MR) is 63.6 cm³/mol. The number of hydrogen-bond donors (Lipinski definition) is 0. The molecule has 0 spiro atoms. The van der Waals surface area contributed by atoms with Crippen molar-refractivity contribution in [1.82, 2.24) is 10.1 Å². The lowest BCUT2D eigenvalue weighted by Crippen LogP contribution is -1.91. The molecule has 6 nitrogen and oxygen atoms in total. The van der Waals surface area contributed by atoms with Crippen molar-refractivity contribution >= 4 is 0 Å². The molecule has 6 heteroatoms. The van der Waals surface area contributed by atoms with E-state index < -0.39 is 0 Å². The summed E-state index contributed by atoms with van der Waals surface area (Å²) in [7, 11) is 4.73. The highest BCUT2D eigenvalue weighted by atomic mass is 16.5. The first-order valence-corrected chi connectivity index (χ1v) is 5.32. The van der Waals surface area contributed by atoms with Gasteiger partial charge in [0.25, 0.3) is 5.89 Å². The van der Waals surface area contributed by atoms with Gasteiger partial charge in [0.05, 0.1) is 14.2 Å². The zero-order valence-electron chi connectivity index (χ0n) is 10.5. The zero-order valence-corrected chi connectivity index (χ0v) is 10.5. The molecule has 0 bridgehead atoms. The van der Waals surface area contributed by atoms with E-state index in [2.05, 4.69) is 10.1 Å². The highest BCUT2D eigenvalue weighted by Gasteiger charge is 2.11. The van der Waals surface area contributed by atoms with Crippen molar-refractivity contribution in [3.63, 3.8) is 0 Å². The monoisotopic (exact) mass is 250 g/mol. The SMILES string of the molecule is COCc1nc(-c2ccc(OC)c(OC)c2)no1. The second kappa shape index (κ2) is 5.50. The standard InChI is InChI=1S/C12H14N2O4/c1-15-7-11-13-12(14-18-11)8-4-5-9(16-2)10(6-8)17-3/h4-6H,7H2,1-3H3.